The molecular weight excluding hydrogens is 1220 g/mol. The van der Waals surface area contributed by atoms with Gasteiger partial charge in [0.05, 0.1) is 62.4 Å². The van der Waals surface area contributed by atoms with Crippen LogP contribution in [-0.2, 0) is 61.4 Å². The first-order chi connectivity index (χ1) is 40.4. The Hall–Kier alpha value is -4.41. The lowest BCUT2D eigenvalue weighted by Crippen LogP contribution is -2.45. The Kier molecular flexibility index (Phi) is 21.2. The second-order valence-electron chi connectivity index (χ2n) is 23.6. The van der Waals surface area contributed by atoms with Crippen molar-refractivity contribution in [1.82, 2.24) is 50.5 Å². The molecule has 0 unspecified atom stereocenters. The van der Waals surface area contributed by atoms with Crippen LogP contribution in [0.15, 0.2) is 12.4 Å². The first kappa shape index (κ1) is 67.5. The number of aliphatic hydroxyl groups excluding tert-OH is 2. The number of hydrogen-bond donors (Lipinski definition) is 9. The van der Waals surface area contributed by atoms with E-state index in [2.05, 4.69) is 35.5 Å². The fraction of sp³-hybridized carbons (Fsp3) is 0.740. The van der Waals surface area contributed by atoms with Crippen molar-refractivity contribution < 1.29 is 96.6 Å². The Morgan fingerprint density at radius 3 is 1.84 bits per heavy atom. The molecular formula is C50H76Cl2N12O20P2. The van der Waals surface area contributed by atoms with Crippen LogP contribution in [0.4, 0.5) is 16.4 Å². The Bertz CT molecular complexity index is 3160. The molecule has 4 aromatic rings. The first-order valence-electron chi connectivity index (χ1n) is 27.7. The number of hydrogen-bond acceptors (Lipinski definition) is 25. The minimum absolute atomic E-state index is 0.0687. The van der Waals surface area contributed by atoms with Gasteiger partial charge in [-0.05, 0) is 96.8 Å². The van der Waals surface area contributed by atoms with Crippen molar-refractivity contribution in [3.8, 4) is 0 Å². The molecule has 5 fully saturated rings. The molecule has 3 saturated heterocycles. The molecule has 0 bridgehead atoms. The Labute approximate surface area is 503 Å². The van der Waals surface area contributed by atoms with Gasteiger partial charge in [0, 0.05) is 26.3 Å². The Morgan fingerprint density at radius 2 is 1.26 bits per heavy atom. The van der Waals surface area contributed by atoms with Crippen molar-refractivity contribution in [1.29, 1.82) is 0 Å². The van der Waals surface area contributed by atoms with Gasteiger partial charge >= 0.3 is 13.7 Å². The number of hydroxylamine groups is 2. The van der Waals surface area contributed by atoms with E-state index in [0.29, 0.717) is 22.2 Å². The topological polar surface area (TPSA) is 416 Å². The summed E-state index contributed by atoms with van der Waals surface area (Å²) in [6.07, 6.45) is 0.00270. The molecule has 4 aromatic heterocycles. The fourth-order valence-electron chi connectivity index (χ4n) is 11.2. The van der Waals surface area contributed by atoms with Crippen LogP contribution in [0, 0.1) is 0 Å². The summed E-state index contributed by atoms with van der Waals surface area (Å²) in [7, 11) is -5.83. The summed E-state index contributed by atoms with van der Waals surface area (Å²) < 4.78 is 81.0. The Balaban J connectivity index is 0.000000230. The molecule has 3 amide bonds. The molecule has 86 heavy (non-hydrogen) atoms. The normalized spacial score (nSPS) is 25.8. The van der Waals surface area contributed by atoms with Crippen molar-refractivity contribution in [3.05, 3.63) is 23.0 Å². The van der Waals surface area contributed by atoms with E-state index in [0.717, 1.165) is 58.5 Å². The van der Waals surface area contributed by atoms with E-state index in [-0.39, 0.29) is 47.3 Å². The number of fused-ring (bicyclic) bond motifs is 3. The van der Waals surface area contributed by atoms with Crippen LogP contribution < -0.4 is 21.2 Å². The minimum atomic E-state index is -5.18. The number of ether oxygens (including phenoxy) is 9. The molecule has 7 heterocycles. The lowest BCUT2D eigenvalue weighted by molar-refractivity contribution is -0.207. The van der Waals surface area contributed by atoms with Gasteiger partial charge in [-0.2, -0.15) is 30.1 Å². The number of halogens is 2. The van der Waals surface area contributed by atoms with Crippen LogP contribution in [0.3, 0.4) is 0 Å². The molecule has 36 heteroatoms. The van der Waals surface area contributed by atoms with Crippen molar-refractivity contribution in [2.75, 3.05) is 64.2 Å². The van der Waals surface area contributed by atoms with Crippen molar-refractivity contribution in [2.24, 2.45) is 0 Å². The van der Waals surface area contributed by atoms with Gasteiger partial charge in [-0.15, -0.1) is 0 Å². The second kappa shape index (κ2) is 27.0. The van der Waals surface area contributed by atoms with E-state index in [1.807, 2.05) is 0 Å². The number of aromatic nitrogens is 8. The predicted molar refractivity (Wildman–Crippen MR) is 303 cm³/mol. The smallest absolute Gasteiger partial charge is 0.416 e. The molecule has 0 spiro atoms. The van der Waals surface area contributed by atoms with E-state index in [1.54, 1.807) is 51.2 Å². The van der Waals surface area contributed by atoms with Gasteiger partial charge in [-0.1, -0.05) is 25.7 Å². The highest BCUT2D eigenvalue weighted by atomic mass is 35.5. The number of aliphatic hydroxyl groups is 2. The standard InChI is InChI=1S/C30H46ClN6O10P.C20H30ClN6O10P/c1-28(2,3)47-27(39)36(17-11-9-10-12-17)23-18-14-32-37(24(18)34-26(31)33-23)25-22-21(45-29(4,5)46-22)19(44-25)15-43-30(16-42-6,48(7,8)41)13-20(38)35-40;1-35-9-20(38(32,33)34,6-13(28)26-31)36-8-12-14(29)15(30)18(37-12)27-17-11(7-22-27)16(24-19(21)25-17)23-10-4-2-3-5-10/h14,17,19,21-22,25,40H,9-13,15-16H2,1-8H3,(H,35,38);7,10,12,14-15,18,29-31H,2-6,8-9H2,1H3,(H,26,28)(H,23,24,25)(H2,32,33,34)/t19-,21-,22-,25-,30+;12-,14-,15-,18-,20+/m11/s1. The lowest BCUT2D eigenvalue weighted by Gasteiger charge is -2.37. The van der Waals surface area contributed by atoms with Gasteiger partial charge in [-0.25, -0.2) is 25.1 Å². The monoisotopic (exact) mass is 1300 g/mol. The maximum atomic E-state index is 13.6. The number of carbonyl (C=O) groups excluding carboxylic acids is 3. The highest BCUT2D eigenvalue weighted by Crippen LogP contribution is 2.56. The average molecular weight is 1300 g/mol. The zero-order chi connectivity index (χ0) is 62.9. The number of carbonyl (C=O) groups is 3. The molecule has 9 N–H and O–H groups in total. The van der Waals surface area contributed by atoms with E-state index in [1.165, 1.54) is 41.5 Å². The summed E-state index contributed by atoms with van der Waals surface area (Å²) in [5, 5.41) is 48.4. The first-order valence-corrected chi connectivity index (χ1v) is 32.7. The number of rotatable bonds is 22. The van der Waals surface area contributed by atoms with E-state index in [9.17, 15) is 48.7 Å². The molecule has 2 saturated carbocycles. The van der Waals surface area contributed by atoms with Gasteiger partial charge in [-0.3, -0.25) is 29.5 Å². The maximum Gasteiger partial charge on any atom is 0.416 e. The van der Waals surface area contributed by atoms with Gasteiger partial charge in [0.25, 0.3) is 0 Å². The van der Waals surface area contributed by atoms with Crippen LogP contribution in [-0.4, -0.2) is 213 Å². The quantitative estimate of drug-likeness (QED) is 0.0229. The molecule has 480 valence electrons. The van der Waals surface area contributed by atoms with Gasteiger partial charge in [0.1, 0.15) is 55.2 Å². The molecule has 9 rings (SSSR count). The van der Waals surface area contributed by atoms with Crippen LogP contribution in [0.2, 0.25) is 10.6 Å². The fourth-order valence-corrected chi connectivity index (χ4v) is 13.8. The van der Waals surface area contributed by atoms with E-state index >= 15 is 0 Å². The van der Waals surface area contributed by atoms with Gasteiger partial charge in [0.15, 0.2) is 40.7 Å². The number of nitrogens with one attached hydrogen (secondary N) is 3. The number of amides is 3. The highest BCUT2D eigenvalue weighted by Gasteiger charge is 2.58. The van der Waals surface area contributed by atoms with E-state index < -0.39 is 130 Å². The molecule has 32 nitrogen and oxygen atoms in total. The largest absolute Gasteiger partial charge is 0.443 e. The van der Waals surface area contributed by atoms with Gasteiger partial charge in [0.2, 0.25) is 27.7 Å². The van der Waals surface area contributed by atoms with Crippen molar-refractivity contribution in [2.45, 2.75) is 182 Å². The summed E-state index contributed by atoms with van der Waals surface area (Å²) in [6, 6.07) is 0.0743. The SMILES string of the molecule is COC[C@@](CC(=O)NO)(OC[C@H]1O[C@@H](n2ncc3c(N(C(=O)OC(C)(C)C)C4CCCC4)nc(Cl)nc32)[C@@H]2OC(C)(C)O[C@@H]21)P(C)(C)=O.COC[C@@](CC(=O)NO)(OC[C@H]1O[C@@H](n2ncc3c(NC4CCCC4)nc(Cl)nc32)[C@H](O)[C@@H]1O)P(=O)(O)O. The average Bonchev–Trinajstić information content (AvgIpc) is 1.63. The second-order valence-corrected chi connectivity index (χ2v) is 29.7. The summed E-state index contributed by atoms with van der Waals surface area (Å²) in [5.41, 5.74) is 2.66. The van der Waals surface area contributed by atoms with Crippen molar-refractivity contribution >= 4 is 89.5 Å². The van der Waals surface area contributed by atoms with Crippen LogP contribution in [0.1, 0.15) is 111 Å². The minimum Gasteiger partial charge on any atom is -0.443 e. The molecule has 10 atom stereocenters. The number of anilines is 2. The maximum absolute atomic E-state index is 13.6. The molecule has 2 aliphatic carbocycles. The summed E-state index contributed by atoms with van der Waals surface area (Å²) in [4.78, 5) is 76.5. The van der Waals surface area contributed by atoms with Gasteiger partial charge < -0.3 is 72.5 Å². The van der Waals surface area contributed by atoms with Crippen LogP contribution >= 0.6 is 37.9 Å². The molecule has 0 radical (unpaired) electrons. The zero-order valence-electron chi connectivity index (χ0n) is 48.9. The third-order valence-electron chi connectivity index (χ3n) is 15.4. The number of methoxy groups -OCH3 is 2. The van der Waals surface area contributed by atoms with Crippen LogP contribution in [0.5, 0.6) is 0 Å². The third-order valence-corrected chi connectivity index (χ3v) is 19.6. The molecule has 3 aliphatic heterocycles. The lowest BCUT2D eigenvalue weighted by atomic mass is 10.1. The highest BCUT2D eigenvalue weighted by molar-refractivity contribution is 7.63. The van der Waals surface area contributed by atoms with E-state index in [4.69, 9.17) is 71.0 Å². The third kappa shape index (κ3) is 14.7. The molecule has 5 aliphatic rings. The summed E-state index contributed by atoms with van der Waals surface area (Å²) >= 11 is 12.7. The zero-order valence-corrected chi connectivity index (χ0v) is 52.2. The van der Waals surface area contributed by atoms with Crippen molar-refractivity contribution in [3.63, 3.8) is 0 Å². The summed E-state index contributed by atoms with van der Waals surface area (Å²) in [6.45, 7) is 10.2. The van der Waals surface area contributed by atoms with Crippen LogP contribution in [0.25, 0.3) is 22.1 Å². The summed E-state index contributed by atoms with van der Waals surface area (Å²) in [5.74, 6) is -2.17. The Morgan fingerprint density at radius 1 is 0.744 bits per heavy atom. The predicted octanol–water partition coefficient (Wildman–Crippen LogP) is 4.34. The number of nitrogens with zero attached hydrogens (tertiary/aromatic N) is 9. The molecule has 0 aromatic carbocycles.